The van der Waals surface area contributed by atoms with Crippen LogP contribution in [0.1, 0.15) is 5.01 Å². The van der Waals surface area contributed by atoms with Crippen LogP contribution in [0.15, 0.2) is 0 Å². The zero-order valence-electron chi connectivity index (χ0n) is 9.25. The molecule has 0 fully saturated rings. The first kappa shape index (κ1) is 13.2. The van der Waals surface area contributed by atoms with Gasteiger partial charge >= 0.3 is 6.18 Å². The predicted molar refractivity (Wildman–Crippen MR) is 56.7 cm³/mol. The van der Waals surface area contributed by atoms with E-state index in [2.05, 4.69) is 10.2 Å². The summed E-state index contributed by atoms with van der Waals surface area (Å²) < 4.78 is 36.8. The third-order valence-electron chi connectivity index (χ3n) is 1.87. The molecule has 4 nitrogen and oxygen atoms in total. The second-order valence-electron chi connectivity index (χ2n) is 3.61. The molecule has 8 heteroatoms. The number of rotatable bonds is 4. The normalized spacial score (nSPS) is 12.2. The number of hydrogen-bond donors (Lipinski definition) is 0. The molecule has 0 saturated carbocycles. The van der Waals surface area contributed by atoms with Gasteiger partial charge in [0.1, 0.15) is 0 Å². The summed E-state index contributed by atoms with van der Waals surface area (Å²) in [6.07, 6.45) is -4.40. The first-order valence-corrected chi connectivity index (χ1v) is 5.39. The van der Waals surface area contributed by atoms with Crippen molar-refractivity contribution in [3.05, 3.63) is 5.01 Å². The number of halogens is 3. The van der Waals surface area contributed by atoms with Gasteiger partial charge in [-0.1, -0.05) is 11.3 Å². The van der Waals surface area contributed by atoms with E-state index < -0.39 is 11.2 Å². The molecule has 0 unspecified atom stereocenters. The largest absolute Gasteiger partial charge is 0.445 e. The molecule has 92 valence electrons. The summed E-state index contributed by atoms with van der Waals surface area (Å²) >= 11 is 0.560. The van der Waals surface area contributed by atoms with Crippen molar-refractivity contribution in [3.8, 4) is 0 Å². The van der Waals surface area contributed by atoms with E-state index in [4.69, 9.17) is 0 Å². The van der Waals surface area contributed by atoms with Crippen molar-refractivity contribution in [2.24, 2.45) is 0 Å². The number of anilines is 1. The predicted octanol–water partition coefficient (Wildman–Crippen LogP) is 1.55. The number of nitrogens with zero attached hydrogens (tertiary/aromatic N) is 4. The number of likely N-dealkylation sites (N-methyl/N-ethyl adjacent to an activating group) is 2. The van der Waals surface area contributed by atoms with Crippen molar-refractivity contribution in [2.75, 3.05) is 39.1 Å². The molecule has 1 aromatic heterocycles. The smallest absolute Gasteiger partial charge is 0.348 e. The fraction of sp³-hybridized carbons (Fsp3) is 0.750. The topological polar surface area (TPSA) is 32.3 Å². The second kappa shape index (κ2) is 4.96. The Morgan fingerprint density at radius 3 is 2.19 bits per heavy atom. The van der Waals surface area contributed by atoms with Gasteiger partial charge in [-0.2, -0.15) is 13.2 Å². The van der Waals surface area contributed by atoms with Crippen LogP contribution >= 0.6 is 11.3 Å². The van der Waals surface area contributed by atoms with Gasteiger partial charge < -0.3 is 9.80 Å². The molecule has 0 bridgehead atoms. The lowest BCUT2D eigenvalue weighted by molar-refractivity contribution is -0.138. The second-order valence-corrected chi connectivity index (χ2v) is 4.57. The SMILES string of the molecule is CN(C)CCN(C)c1nnc(C(F)(F)F)s1. The fourth-order valence-corrected chi connectivity index (χ4v) is 1.63. The minimum Gasteiger partial charge on any atom is -0.348 e. The van der Waals surface area contributed by atoms with Gasteiger partial charge in [-0.15, -0.1) is 10.2 Å². The average molecular weight is 254 g/mol. The van der Waals surface area contributed by atoms with Crippen LogP contribution in [0.4, 0.5) is 18.3 Å². The van der Waals surface area contributed by atoms with E-state index in [0.717, 1.165) is 6.54 Å². The van der Waals surface area contributed by atoms with Crippen LogP contribution in [-0.2, 0) is 6.18 Å². The van der Waals surface area contributed by atoms with Gasteiger partial charge in [0.05, 0.1) is 0 Å². The zero-order valence-corrected chi connectivity index (χ0v) is 10.1. The highest BCUT2D eigenvalue weighted by molar-refractivity contribution is 7.15. The van der Waals surface area contributed by atoms with Crippen molar-refractivity contribution >= 4 is 16.5 Å². The minimum absolute atomic E-state index is 0.286. The van der Waals surface area contributed by atoms with E-state index in [1.165, 1.54) is 0 Å². The summed E-state index contributed by atoms with van der Waals surface area (Å²) in [5.41, 5.74) is 0. The summed E-state index contributed by atoms with van der Waals surface area (Å²) in [6, 6.07) is 0. The van der Waals surface area contributed by atoms with E-state index in [0.29, 0.717) is 17.9 Å². The van der Waals surface area contributed by atoms with Crippen LogP contribution in [0, 0.1) is 0 Å². The zero-order chi connectivity index (χ0) is 12.3. The van der Waals surface area contributed by atoms with Crippen LogP contribution < -0.4 is 4.90 Å². The summed E-state index contributed by atoms with van der Waals surface area (Å²) in [5, 5.41) is 6.02. The van der Waals surface area contributed by atoms with Crippen LogP contribution in [0.3, 0.4) is 0 Å². The van der Waals surface area contributed by atoms with Crippen LogP contribution in [0.25, 0.3) is 0 Å². The van der Waals surface area contributed by atoms with Gasteiger partial charge in [0, 0.05) is 20.1 Å². The monoisotopic (exact) mass is 254 g/mol. The van der Waals surface area contributed by atoms with Gasteiger partial charge in [0.15, 0.2) is 0 Å². The van der Waals surface area contributed by atoms with E-state index in [-0.39, 0.29) is 5.13 Å². The van der Waals surface area contributed by atoms with Crippen molar-refractivity contribution in [1.82, 2.24) is 15.1 Å². The van der Waals surface area contributed by atoms with Crippen molar-refractivity contribution in [3.63, 3.8) is 0 Å². The summed E-state index contributed by atoms with van der Waals surface area (Å²) in [7, 11) is 5.49. The highest BCUT2D eigenvalue weighted by atomic mass is 32.1. The Kier molecular flexibility index (Phi) is 4.09. The van der Waals surface area contributed by atoms with Crippen LogP contribution in [-0.4, -0.2) is 49.3 Å². The molecule has 16 heavy (non-hydrogen) atoms. The number of alkyl halides is 3. The van der Waals surface area contributed by atoms with Crippen molar-refractivity contribution in [1.29, 1.82) is 0 Å². The Bertz CT molecular complexity index is 336. The first-order valence-electron chi connectivity index (χ1n) is 4.57. The minimum atomic E-state index is -4.40. The highest BCUT2D eigenvalue weighted by Gasteiger charge is 2.35. The summed E-state index contributed by atoms with van der Waals surface area (Å²) in [6.45, 7) is 1.36. The lowest BCUT2D eigenvalue weighted by Gasteiger charge is -2.17. The molecule has 0 aromatic carbocycles. The standard InChI is InChI=1S/C8H13F3N4S/c1-14(2)4-5-15(3)7-13-12-6(16-7)8(9,10)11/h4-5H2,1-3H3. The Hall–Kier alpha value is -0.890. The Morgan fingerprint density at radius 1 is 1.12 bits per heavy atom. The maximum absolute atomic E-state index is 12.3. The molecule has 0 radical (unpaired) electrons. The Balaban J connectivity index is 2.63. The highest BCUT2D eigenvalue weighted by Crippen LogP contribution is 2.33. The number of hydrogen-bond acceptors (Lipinski definition) is 5. The fourth-order valence-electron chi connectivity index (χ4n) is 0.930. The maximum Gasteiger partial charge on any atom is 0.445 e. The van der Waals surface area contributed by atoms with Gasteiger partial charge in [-0.05, 0) is 14.1 Å². The van der Waals surface area contributed by atoms with E-state index in [1.54, 1.807) is 11.9 Å². The molecule has 0 aliphatic rings. The third kappa shape index (κ3) is 3.60. The number of aromatic nitrogens is 2. The molecule has 0 amide bonds. The molecule has 0 spiro atoms. The molecule has 1 aromatic rings. The molecule has 0 saturated heterocycles. The quantitative estimate of drug-likeness (QED) is 0.816. The maximum atomic E-state index is 12.3. The molecular formula is C8H13F3N4S. The lowest BCUT2D eigenvalue weighted by atomic mass is 10.5. The van der Waals surface area contributed by atoms with E-state index >= 15 is 0 Å². The van der Waals surface area contributed by atoms with Gasteiger partial charge in [-0.3, -0.25) is 0 Å². The van der Waals surface area contributed by atoms with Crippen LogP contribution in [0.5, 0.6) is 0 Å². The molecular weight excluding hydrogens is 241 g/mol. The molecule has 0 atom stereocenters. The summed E-state index contributed by atoms with van der Waals surface area (Å²) in [4.78, 5) is 3.61. The van der Waals surface area contributed by atoms with Gasteiger partial charge in [0.2, 0.25) is 10.1 Å². The molecule has 0 aliphatic heterocycles. The van der Waals surface area contributed by atoms with Gasteiger partial charge in [-0.25, -0.2) is 0 Å². The molecule has 0 N–H and O–H groups in total. The van der Waals surface area contributed by atoms with E-state index in [1.807, 2.05) is 19.0 Å². The van der Waals surface area contributed by atoms with Crippen molar-refractivity contribution < 1.29 is 13.2 Å². The van der Waals surface area contributed by atoms with Crippen LogP contribution in [0.2, 0.25) is 0 Å². The lowest BCUT2D eigenvalue weighted by Crippen LogP contribution is -2.28. The molecule has 1 rings (SSSR count). The third-order valence-corrected chi connectivity index (χ3v) is 2.95. The van der Waals surface area contributed by atoms with Gasteiger partial charge in [0.25, 0.3) is 0 Å². The summed E-state index contributed by atoms with van der Waals surface area (Å²) in [5.74, 6) is 0. The van der Waals surface area contributed by atoms with E-state index in [9.17, 15) is 13.2 Å². The average Bonchev–Trinajstić information content (AvgIpc) is 2.61. The molecule has 1 heterocycles. The Labute approximate surface area is 95.7 Å². The van der Waals surface area contributed by atoms with Crippen molar-refractivity contribution in [2.45, 2.75) is 6.18 Å². The first-order chi connectivity index (χ1) is 7.30. The Morgan fingerprint density at radius 2 is 1.75 bits per heavy atom. The molecule has 0 aliphatic carbocycles.